The third kappa shape index (κ3) is 4.43. The smallest absolute Gasteiger partial charge is 0.234 e. The molecule has 32 heavy (non-hydrogen) atoms. The zero-order chi connectivity index (χ0) is 22.1. The average Bonchev–Trinajstić information content (AvgIpc) is 3.41. The van der Waals surface area contributed by atoms with E-state index in [1.807, 2.05) is 24.5 Å². The minimum atomic E-state index is 0.0626. The van der Waals surface area contributed by atoms with E-state index in [1.165, 1.54) is 16.6 Å². The number of aryl methyl sites for hydroxylation is 2. The Morgan fingerprint density at radius 2 is 1.88 bits per heavy atom. The first-order valence-corrected chi connectivity index (χ1v) is 11.3. The highest BCUT2D eigenvalue weighted by Crippen LogP contribution is 2.32. The molecule has 7 heteroatoms. The van der Waals surface area contributed by atoms with Crippen LogP contribution in [0.1, 0.15) is 29.5 Å². The van der Waals surface area contributed by atoms with Crippen molar-refractivity contribution in [2.45, 2.75) is 39.8 Å². The summed E-state index contributed by atoms with van der Waals surface area (Å²) < 4.78 is 13.0. The number of imidazole rings is 1. The van der Waals surface area contributed by atoms with E-state index in [-0.39, 0.29) is 12.7 Å². The van der Waals surface area contributed by atoms with Crippen molar-refractivity contribution in [1.29, 1.82) is 0 Å². The normalized spacial score (nSPS) is 16.6. The molecular weight excluding hydrogens is 404 g/mol. The molecule has 0 unspecified atom stereocenters. The predicted octanol–water partition coefficient (Wildman–Crippen LogP) is 3.41. The highest BCUT2D eigenvalue weighted by atomic mass is 16.7. The predicted molar refractivity (Wildman–Crippen MR) is 123 cm³/mol. The molecule has 0 bridgehead atoms. The SMILES string of the molecule is Cc1cc2ncn(CC3CCN(CC(=O)NCc4ccc5c(c4)OCO5)CC3)c2cc1C. The van der Waals surface area contributed by atoms with Gasteiger partial charge in [0.15, 0.2) is 11.5 Å². The number of carbonyl (C=O) groups is 1. The van der Waals surface area contributed by atoms with Crippen LogP contribution in [0, 0.1) is 19.8 Å². The van der Waals surface area contributed by atoms with Gasteiger partial charge in [-0.15, -0.1) is 0 Å². The number of nitrogens with zero attached hydrogens (tertiary/aromatic N) is 3. The summed E-state index contributed by atoms with van der Waals surface area (Å²) in [5.74, 6) is 2.18. The number of rotatable bonds is 6. The van der Waals surface area contributed by atoms with Crippen LogP contribution in [0.3, 0.4) is 0 Å². The first kappa shape index (κ1) is 20.8. The van der Waals surface area contributed by atoms with Gasteiger partial charge in [-0.3, -0.25) is 9.69 Å². The third-order valence-electron chi connectivity index (χ3n) is 6.69. The molecule has 2 aromatic carbocycles. The van der Waals surface area contributed by atoms with E-state index in [2.05, 4.69) is 45.7 Å². The molecule has 0 saturated carbocycles. The van der Waals surface area contributed by atoms with E-state index in [0.717, 1.165) is 55.1 Å². The molecule has 2 aliphatic heterocycles. The highest BCUT2D eigenvalue weighted by Gasteiger charge is 2.22. The monoisotopic (exact) mass is 434 g/mol. The molecule has 7 nitrogen and oxygen atoms in total. The molecule has 5 rings (SSSR count). The minimum absolute atomic E-state index is 0.0626. The number of hydrogen-bond acceptors (Lipinski definition) is 5. The number of fused-ring (bicyclic) bond motifs is 2. The number of amides is 1. The highest BCUT2D eigenvalue weighted by molar-refractivity contribution is 5.78. The van der Waals surface area contributed by atoms with Crippen molar-refractivity contribution in [3.8, 4) is 11.5 Å². The second-order valence-corrected chi connectivity index (χ2v) is 9.01. The molecule has 0 atom stereocenters. The van der Waals surface area contributed by atoms with Gasteiger partial charge in [-0.05, 0) is 86.7 Å². The summed E-state index contributed by atoms with van der Waals surface area (Å²) in [5.41, 5.74) is 5.90. The van der Waals surface area contributed by atoms with Gasteiger partial charge in [0.05, 0.1) is 23.9 Å². The lowest BCUT2D eigenvalue weighted by atomic mass is 9.96. The first-order valence-electron chi connectivity index (χ1n) is 11.3. The van der Waals surface area contributed by atoms with E-state index in [0.29, 0.717) is 19.0 Å². The Morgan fingerprint density at radius 1 is 1.09 bits per heavy atom. The summed E-state index contributed by atoms with van der Waals surface area (Å²) in [7, 11) is 0. The molecule has 1 fully saturated rings. The Labute approximate surface area is 188 Å². The van der Waals surface area contributed by atoms with Crippen LogP contribution < -0.4 is 14.8 Å². The van der Waals surface area contributed by atoms with Gasteiger partial charge < -0.3 is 19.4 Å². The summed E-state index contributed by atoms with van der Waals surface area (Å²) in [6, 6.07) is 10.2. The van der Waals surface area contributed by atoms with Crippen molar-refractivity contribution in [2.75, 3.05) is 26.4 Å². The number of likely N-dealkylation sites (tertiary alicyclic amines) is 1. The van der Waals surface area contributed by atoms with Crippen LogP contribution in [0.25, 0.3) is 11.0 Å². The Morgan fingerprint density at radius 3 is 2.72 bits per heavy atom. The van der Waals surface area contributed by atoms with Crippen LogP contribution in [0.4, 0.5) is 0 Å². The van der Waals surface area contributed by atoms with Crippen molar-refractivity contribution < 1.29 is 14.3 Å². The average molecular weight is 435 g/mol. The standard InChI is InChI=1S/C25H30N4O3/c1-17-9-21-22(10-18(17)2)29(15-27-21)13-19-5-7-28(8-6-19)14-25(30)26-12-20-3-4-23-24(11-20)32-16-31-23/h3-4,9-11,15,19H,5-8,12-14,16H2,1-2H3,(H,26,30). The number of aromatic nitrogens is 2. The lowest BCUT2D eigenvalue weighted by molar-refractivity contribution is -0.122. The molecular formula is C25H30N4O3. The molecule has 1 aromatic heterocycles. The fourth-order valence-electron chi connectivity index (χ4n) is 4.57. The van der Waals surface area contributed by atoms with Crippen molar-refractivity contribution in [3.63, 3.8) is 0 Å². The van der Waals surface area contributed by atoms with E-state index in [1.54, 1.807) is 0 Å². The van der Waals surface area contributed by atoms with Crippen molar-refractivity contribution >= 4 is 16.9 Å². The Hall–Kier alpha value is -3.06. The second kappa shape index (κ2) is 8.82. The molecule has 0 radical (unpaired) electrons. The maximum absolute atomic E-state index is 12.4. The molecule has 168 valence electrons. The zero-order valence-corrected chi connectivity index (χ0v) is 18.8. The molecule has 3 aromatic rings. The minimum Gasteiger partial charge on any atom is -0.454 e. The van der Waals surface area contributed by atoms with Gasteiger partial charge in [0.1, 0.15) is 0 Å². The molecule has 0 spiro atoms. The van der Waals surface area contributed by atoms with E-state index in [4.69, 9.17) is 9.47 Å². The molecule has 1 amide bonds. The van der Waals surface area contributed by atoms with Crippen LogP contribution in [0.2, 0.25) is 0 Å². The van der Waals surface area contributed by atoms with Crippen LogP contribution in [-0.2, 0) is 17.9 Å². The van der Waals surface area contributed by atoms with E-state index < -0.39 is 0 Å². The van der Waals surface area contributed by atoms with Gasteiger partial charge in [-0.25, -0.2) is 4.98 Å². The van der Waals surface area contributed by atoms with Crippen LogP contribution in [0.15, 0.2) is 36.7 Å². The van der Waals surface area contributed by atoms with Crippen LogP contribution in [0.5, 0.6) is 11.5 Å². The second-order valence-electron chi connectivity index (χ2n) is 9.01. The Bertz CT molecular complexity index is 1130. The van der Waals surface area contributed by atoms with Crippen LogP contribution in [-0.4, -0.2) is 46.8 Å². The topological polar surface area (TPSA) is 68.6 Å². The maximum atomic E-state index is 12.4. The van der Waals surface area contributed by atoms with Crippen molar-refractivity contribution in [3.05, 3.63) is 53.3 Å². The van der Waals surface area contributed by atoms with Gasteiger partial charge in [0.25, 0.3) is 0 Å². The first-order chi connectivity index (χ1) is 15.5. The number of hydrogen-bond donors (Lipinski definition) is 1. The summed E-state index contributed by atoms with van der Waals surface area (Å²) in [6.07, 6.45) is 4.17. The summed E-state index contributed by atoms with van der Waals surface area (Å²) in [6.45, 7) is 8.39. The fourth-order valence-corrected chi connectivity index (χ4v) is 4.57. The number of benzene rings is 2. The summed E-state index contributed by atoms with van der Waals surface area (Å²) >= 11 is 0. The quantitative estimate of drug-likeness (QED) is 0.644. The number of piperidine rings is 1. The molecule has 3 heterocycles. The molecule has 1 N–H and O–H groups in total. The lowest BCUT2D eigenvalue weighted by Crippen LogP contribution is -2.41. The summed E-state index contributed by atoms with van der Waals surface area (Å²) in [4.78, 5) is 19.3. The number of ether oxygens (including phenoxy) is 2. The molecule has 2 aliphatic rings. The van der Waals surface area contributed by atoms with E-state index in [9.17, 15) is 4.79 Å². The molecule has 1 saturated heterocycles. The van der Waals surface area contributed by atoms with Gasteiger partial charge in [0, 0.05) is 13.1 Å². The number of carbonyl (C=O) groups excluding carboxylic acids is 1. The van der Waals surface area contributed by atoms with Gasteiger partial charge in [0.2, 0.25) is 12.7 Å². The largest absolute Gasteiger partial charge is 0.454 e. The lowest BCUT2D eigenvalue weighted by Gasteiger charge is -2.31. The zero-order valence-electron chi connectivity index (χ0n) is 18.8. The van der Waals surface area contributed by atoms with E-state index >= 15 is 0 Å². The number of nitrogens with one attached hydrogen (secondary N) is 1. The Kier molecular flexibility index (Phi) is 5.74. The van der Waals surface area contributed by atoms with Gasteiger partial charge in [-0.1, -0.05) is 6.07 Å². The van der Waals surface area contributed by atoms with Crippen molar-refractivity contribution in [2.24, 2.45) is 5.92 Å². The van der Waals surface area contributed by atoms with Gasteiger partial charge in [-0.2, -0.15) is 0 Å². The fraction of sp³-hybridized carbons (Fsp3) is 0.440. The molecule has 0 aliphatic carbocycles. The van der Waals surface area contributed by atoms with Gasteiger partial charge >= 0.3 is 0 Å². The Balaban J connectivity index is 1.09. The summed E-state index contributed by atoms with van der Waals surface area (Å²) in [5, 5.41) is 3.03. The van der Waals surface area contributed by atoms with Crippen LogP contribution >= 0.6 is 0 Å². The third-order valence-corrected chi connectivity index (χ3v) is 6.69. The maximum Gasteiger partial charge on any atom is 0.234 e. The van der Waals surface area contributed by atoms with Crippen molar-refractivity contribution in [1.82, 2.24) is 19.8 Å².